The molecule has 0 radical (unpaired) electrons. The third-order valence-corrected chi connectivity index (χ3v) is 3.32. The summed E-state index contributed by atoms with van der Waals surface area (Å²) in [5.74, 6) is 2.10. The zero-order valence-corrected chi connectivity index (χ0v) is 13.6. The number of ether oxygens (including phenoxy) is 2. The second kappa shape index (κ2) is 7.31. The summed E-state index contributed by atoms with van der Waals surface area (Å²) in [6, 6.07) is 13.6. The van der Waals surface area contributed by atoms with Crippen LogP contribution in [0.2, 0.25) is 0 Å². The Kier molecular flexibility index (Phi) is 4.75. The molecule has 0 unspecified atom stereocenters. The molecule has 0 amide bonds. The van der Waals surface area contributed by atoms with E-state index in [1.165, 1.54) is 12.4 Å². The monoisotopic (exact) mass is 348 g/mol. The number of nitrogens with one attached hydrogen (secondary N) is 2. The number of nitrogens with zero attached hydrogens (tertiary/aromatic N) is 2. The summed E-state index contributed by atoms with van der Waals surface area (Å²) in [5.41, 5.74) is 11.5. The summed E-state index contributed by atoms with van der Waals surface area (Å²) >= 11 is 0. The van der Waals surface area contributed by atoms with Crippen molar-refractivity contribution in [1.29, 1.82) is 10.8 Å². The molecule has 8 nitrogen and oxygen atoms in total. The number of rotatable bonds is 6. The van der Waals surface area contributed by atoms with Gasteiger partial charge in [0.05, 0.1) is 12.4 Å². The van der Waals surface area contributed by atoms with E-state index < -0.39 is 0 Å². The normalized spacial score (nSPS) is 10.2. The van der Waals surface area contributed by atoms with Crippen molar-refractivity contribution >= 4 is 11.7 Å². The lowest BCUT2D eigenvalue weighted by Gasteiger charge is -2.08. The topological polar surface area (TPSA) is 144 Å². The molecule has 0 fully saturated rings. The first-order chi connectivity index (χ1) is 12.5. The molecular formula is C18H16N6O2. The van der Waals surface area contributed by atoms with E-state index in [1.54, 1.807) is 48.5 Å². The summed E-state index contributed by atoms with van der Waals surface area (Å²) in [6.07, 6.45) is 3.01. The van der Waals surface area contributed by atoms with E-state index in [-0.39, 0.29) is 11.7 Å². The Hall–Kier alpha value is -3.94. The molecule has 0 aliphatic rings. The van der Waals surface area contributed by atoms with Crippen molar-refractivity contribution in [3.63, 3.8) is 0 Å². The van der Waals surface area contributed by atoms with Crippen LogP contribution in [0, 0.1) is 10.8 Å². The quantitative estimate of drug-likeness (QED) is 0.398. The number of nitrogens with two attached hydrogens (primary N) is 2. The molecule has 0 atom stereocenters. The number of nitrogen functional groups attached to an aromatic ring is 2. The van der Waals surface area contributed by atoms with Gasteiger partial charge in [0, 0.05) is 0 Å². The zero-order chi connectivity index (χ0) is 18.5. The van der Waals surface area contributed by atoms with Gasteiger partial charge in [0.25, 0.3) is 0 Å². The second-order valence-electron chi connectivity index (χ2n) is 5.26. The fourth-order valence-corrected chi connectivity index (χ4v) is 2.05. The van der Waals surface area contributed by atoms with Crippen LogP contribution in [0.25, 0.3) is 0 Å². The zero-order valence-electron chi connectivity index (χ0n) is 13.6. The molecule has 0 spiro atoms. The van der Waals surface area contributed by atoms with Gasteiger partial charge in [0.1, 0.15) is 46.1 Å². The lowest BCUT2D eigenvalue weighted by atomic mass is 10.3. The first kappa shape index (κ1) is 16.9. The minimum atomic E-state index is -0.0936. The summed E-state index contributed by atoms with van der Waals surface area (Å²) in [7, 11) is 0. The molecule has 2 heterocycles. The molecule has 3 aromatic rings. The number of aromatic nitrogens is 2. The van der Waals surface area contributed by atoms with Crippen molar-refractivity contribution in [2.45, 2.75) is 0 Å². The summed E-state index contributed by atoms with van der Waals surface area (Å²) in [4.78, 5) is 8.07. The average Bonchev–Trinajstić information content (AvgIpc) is 2.64. The van der Waals surface area contributed by atoms with E-state index in [0.29, 0.717) is 34.4 Å². The van der Waals surface area contributed by atoms with Gasteiger partial charge in [-0.2, -0.15) is 0 Å². The highest BCUT2D eigenvalue weighted by Crippen LogP contribution is 2.26. The molecular weight excluding hydrogens is 332 g/mol. The Morgan fingerprint density at radius 2 is 0.962 bits per heavy atom. The first-order valence-electron chi connectivity index (χ1n) is 7.58. The lowest BCUT2D eigenvalue weighted by Crippen LogP contribution is -2.12. The number of hydrogen-bond donors (Lipinski definition) is 4. The Morgan fingerprint density at radius 3 is 1.23 bits per heavy atom. The number of hydrogen-bond acceptors (Lipinski definition) is 6. The van der Waals surface area contributed by atoms with Crippen LogP contribution in [-0.2, 0) is 0 Å². The lowest BCUT2D eigenvalue weighted by molar-refractivity contribution is 0.467. The largest absolute Gasteiger partial charge is 0.456 e. The van der Waals surface area contributed by atoms with Crippen LogP contribution >= 0.6 is 0 Å². The fraction of sp³-hybridized carbons (Fsp3) is 0. The van der Waals surface area contributed by atoms with Gasteiger partial charge >= 0.3 is 0 Å². The standard InChI is InChI=1S/C18H16N6O2/c19-17(20)15-7-5-13(9-23-15)25-11-1-2-12(4-3-11)26-14-6-8-16(18(21)22)24-10-14/h1-10H,(H3,19,20)(H3,21,22). The van der Waals surface area contributed by atoms with Crippen molar-refractivity contribution in [1.82, 2.24) is 9.97 Å². The van der Waals surface area contributed by atoms with Crippen LogP contribution in [0.1, 0.15) is 11.4 Å². The maximum absolute atomic E-state index is 7.31. The SMILES string of the molecule is N=C(N)c1ccc(Oc2ccc(Oc3ccc(C(=N)N)nc3)cc2)cn1. The Balaban J connectivity index is 1.64. The highest BCUT2D eigenvalue weighted by molar-refractivity contribution is 5.93. The van der Waals surface area contributed by atoms with Gasteiger partial charge in [-0.05, 0) is 48.5 Å². The minimum absolute atomic E-state index is 0.0936. The molecule has 0 aliphatic carbocycles. The second-order valence-corrected chi connectivity index (χ2v) is 5.26. The maximum Gasteiger partial charge on any atom is 0.145 e. The third kappa shape index (κ3) is 4.12. The van der Waals surface area contributed by atoms with E-state index in [9.17, 15) is 0 Å². The van der Waals surface area contributed by atoms with Gasteiger partial charge in [0.2, 0.25) is 0 Å². The molecule has 0 bridgehead atoms. The number of pyridine rings is 2. The van der Waals surface area contributed by atoms with Crippen LogP contribution in [0.5, 0.6) is 23.0 Å². The average molecular weight is 348 g/mol. The van der Waals surface area contributed by atoms with E-state index in [4.69, 9.17) is 31.8 Å². The van der Waals surface area contributed by atoms with E-state index in [0.717, 1.165) is 0 Å². The van der Waals surface area contributed by atoms with Gasteiger partial charge in [-0.15, -0.1) is 0 Å². The van der Waals surface area contributed by atoms with E-state index in [2.05, 4.69) is 9.97 Å². The Bertz CT molecular complexity index is 843. The highest BCUT2D eigenvalue weighted by atomic mass is 16.5. The molecule has 0 aliphatic heterocycles. The molecule has 3 rings (SSSR count). The molecule has 6 N–H and O–H groups in total. The van der Waals surface area contributed by atoms with Crippen LogP contribution < -0.4 is 20.9 Å². The van der Waals surface area contributed by atoms with Crippen LogP contribution in [-0.4, -0.2) is 21.6 Å². The van der Waals surface area contributed by atoms with Crippen molar-refractivity contribution < 1.29 is 9.47 Å². The predicted octanol–water partition coefficient (Wildman–Crippen LogP) is 2.63. The molecule has 1 aromatic carbocycles. The third-order valence-electron chi connectivity index (χ3n) is 3.32. The molecule has 0 saturated carbocycles. The highest BCUT2D eigenvalue weighted by Gasteiger charge is 2.04. The van der Waals surface area contributed by atoms with Gasteiger partial charge in [-0.1, -0.05) is 0 Å². The van der Waals surface area contributed by atoms with Gasteiger partial charge in [-0.3, -0.25) is 10.8 Å². The van der Waals surface area contributed by atoms with Crippen LogP contribution in [0.4, 0.5) is 0 Å². The van der Waals surface area contributed by atoms with E-state index in [1.807, 2.05) is 0 Å². The number of amidine groups is 2. The predicted molar refractivity (Wildman–Crippen MR) is 97.1 cm³/mol. The Labute approximate surface area is 149 Å². The van der Waals surface area contributed by atoms with Crippen molar-refractivity contribution in [3.05, 3.63) is 72.3 Å². The molecule has 26 heavy (non-hydrogen) atoms. The van der Waals surface area contributed by atoms with Crippen LogP contribution in [0.3, 0.4) is 0 Å². The minimum Gasteiger partial charge on any atom is -0.456 e. The fourth-order valence-electron chi connectivity index (χ4n) is 2.05. The van der Waals surface area contributed by atoms with Crippen molar-refractivity contribution in [2.75, 3.05) is 0 Å². The number of benzene rings is 1. The molecule has 2 aromatic heterocycles. The van der Waals surface area contributed by atoms with E-state index >= 15 is 0 Å². The smallest absolute Gasteiger partial charge is 0.145 e. The summed E-state index contributed by atoms with van der Waals surface area (Å²) < 4.78 is 11.4. The van der Waals surface area contributed by atoms with Crippen molar-refractivity contribution in [2.24, 2.45) is 11.5 Å². The first-order valence-corrected chi connectivity index (χ1v) is 7.58. The summed E-state index contributed by atoms with van der Waals surface area (Å²) in [6.45, 7) is 0. The van der Waals surface area contributed by atoms with Gasteiger partial charge in [0.15, 0.2) is 0 Å². The Morgan fingerprint density at radius 1 is 0.615 bits per heavy atom. The van der Waals surface area contributed by atoms with Crippen molar-refractivity contribution in [3.8, 4) is 23.0 Å². The maximum atomic E-state index is 7.31. The molecule has 130 valence electrons. The molecule has 0 saturated heterocycles. The van der Waals surface area contributed by atoms with Gasteiger partial charge in [-0.25, -0.2) is 9.97 Å². The van der Waals surface area contributed by atoms with Crippen LogP contribution in [0.15, 0.2) is 60.9 Å². The summed E-state index contributed by atoms with van der Waals surface area (Å²) in [5, 5.41) is 14.6. The molecule has 8 heteroatoms. The van der Waals surface area contributed by atoms with Gasteiger partial charge < -0.3 is 20.9 Å².